The third-order valence-electron chi connectivity index (χ3n) is 4.13. The Morgan fingerprint density at radius 3 is 2.17 bits per heavy atom. The molecule has 0 aliphatic heterocycles. The van der Waals surface area contributed by atoms with Crippen LogP contribution in [0.15, 0.2) is 36.4 Å². The molecule has 2 N–H and O–H groups in total. The number of hydrogen-bond donors (Lipinski definition) is 2. The molecule has 0 heterocycles. The molecular formula is C20H26N2S. The first-order valence-corrected chi connectivity index (χ1v) is 8.53. The Labute approximate surface area is 145 Å². The van der Waals surface area contributed by atoms with Gasteiger partial charge in [-0.2, -0.15) is 0 Å². The van der Waals surface area contributed by atoms with Crippen molar-refractivity contribution in [2.75, 3.05) is 5.32 Å². The molecule has 0 aliphatic carbocycles. The van der Waals surface area contributed by atoms with Crippen LogP contribution in [-0.2, 0) is 0 Å². The largest absolute Gasteiger partial charge is 0.356 e. The van der Waals surface area contributed by atoms with Gasteiger partial charge in [-0.05, 0) is 86.3 Å². The summed E-state index contributed by atoms with van der Waals surface area (Å²) in [5.41, 5.74) is 7.42. The van der Waals surface area contributed by atoms with Crippen molar-refractivity contribution in [3.8, 4) is 0 Å². The zero-order valence-corrected chi connectivity index (χ0v) is 15.5. The molecule has 0 aromatic heterocycles. The van der Waals surface area contributed by atoms with E-state index >= 15 is 0 Å². The second kappa shape index (κ2) is 7.60. The Balaban J connectivity index is 2.08. The van der Waals surface area contributed by atoms with Crippen LogP contribution >= 0.6 is 12.2 Å². The quantitative estimate of drug-likeness (QED) is 0.740. The molecule has 0 bridgehead atoms. The highest BCUT2D eigenvalue weighted by atomic mass is 32.1. The van der Waals surface area contributed by atoms with E-state index in [0.717, 1.165) is 12.1 Å². The lowest BCUT2D eigenvalue weighted by atomic mass is 9.99. The summed E-state index contributed by atoms with van der Waals surface area (Å²) in [6.45, 7) is 10.7. The third-order valence-corrected chi connectivity index (χ3v) is 4.35. The van der Waals surface area contributed by atoms with Gasteiger partial charge in [0, 0.05) is 5.69 Å². The van der Waals surface area contributed by atoms with E-state index in [1.54, 1.807) is 0 Å². The normalized spacial score (nSPS) is 11.9. The van der Waals surface area contributed by atoms with Gasteiger partial charge in [-0.1, -0.05) is 31.2 Å². The number of aryl methyl sites for hydroxylation is 4. The van der Waals surface area contributed by atoms with E-state index in [1.807, 2.05) is 0 Å². The van der Waals surface area contributed by atoms with E-state index in [0.29, 0.717) is 5.11 Å². The molecule has 0 fully saturated rings. The zero-order valence-electron chi connectivity index (χ0n) is 14.7. The van der Waals surface area contributed by atoms with Crippen LogP contribution in [0.3, 0.4) is 0 Å². The van der Waals surface area contributed by atoms with Crippen molar-refractivity contribution in [2.45, 2.75) is 47.1 Å². The minimum atomic E-state index is 0.222. The van der Waals surface area contributed by atoms with Crippen molar-refractivity contribution in [3.05, 3.63) is 64.2 Å². The van der Waals surface area contributed by atoms with Gasteiger partial charge in [0.2, 0.25) is 0 Å². The van der Waals surface area contributed by atoms with Crippen molar-refractivity contribution in [1.82, 2.24) is 5.32 Å². The molecule has 122 valence electrons. The molecule has 0 radical (unpaired) electrons. The van der Waals surface area contributed by atoms with Crippen LogP contribution in [0.4, 0.5) is 5.69 Å². The number of benzene rings is 2. The first-order valence-electron chi connectivity index (χ1n) is 8.12. The molecule has 0 spiro atoms. The lowest BCUT2D eigenvalue weighted by Gasteiger charge is -2.21. The van der Waals surface area contributed by atoms with Gasteiger partial charge in [0.05, 0.1) is 6.04 Å². The molecule has 0 saturated heterocycles. The summed E-state index contributed by atoms with van der Waals surface area (Å²) < 4.78 is 0. The van der Waals surface area contributed by atoms with E-state index in [-0.39, 0.29) is 6.04 Å². The van der Waals surface area contributed by atoms with Crippen molar-refractivity contribution < 1.29 is 0 Å². The predicted molar refractivity (Wildman–Crippen MR) is 104 cm³/mol. The molecule has 2 aromatic carbocycles. The predicted octanol–water partition coefficient (Wildman–Crippen LogP) is 5.36. The Hall–Kier alpha value is -1.87. The van der Waals surface area contributed by atoms with Gasteiger partial charge in [0.25, 0.3) is 0 Å². The Kier molecular flexibility index (Phi) is 5.78. The van der Waals surface area contributed by atoms with Crippen LogP contribution in [0.25, 0.3) is 0 Å². The maximum atomic E-state index is 5.50. The van der Waals surface area contributed by atoms with Crippen LogP contribution < -0.4 is 10.6 Å². The first kappa shape index (κ1) is 17.5. The molecule has 1 atom stereocenters. The van der Waals surface area contributed by atoms with Gasteiger partial charge in [-0.25, -0.2) is 0 Å². The zero-order chi connectivity index (χ0) is 17.0. The molecule has 3 heteroatoms. The minimum Gasteiger partial charge on any atom is -0.356 e. The standard InChI is InChI=1S/C20H26N2S/c1-6-19(17-8-7-15(4)16(5)12-17)22-20(23)21-18-10-13(2)9-14(3)11-18/h7-12,19H,6H2,1-5H3,(H2,21,22,23)/t19-/m1/s1. The average molecular weight is 327 g/mol. The highest BCUT2D eigenvalue weighted by Crippen LogP contribution is 2.20. The van der Waals surface area contributed by atoms with E-state index in [2.05, 4.69) is 81.7 Å². The Morgan fingerprint density at radius 2 is 1.61 bits per heavy atom. The topological polar surface area (TPSA) is 24.1 Å². The molecule has 0 aliphatic rings. The van der Waals surface area contributed by atoms with Crippen LogP contribution in [-0.4, -0.2) is 5.11 Å². The molecule has 23 heavy (non-hydrogen) atoms. The summed E-state index contributed by atoms with van der Waals surface area (Å²) in [4.78, 5) is 0. The van der Waals surface area contributed by atoms with Crippen molar-refractivity contribution in [2.24, 2.45) is 0 Å². The number of hydrogen-bond acceptors (Lipinski definition) is 1. The van der Waals surface area contributed by atoms with E-state index in [9.17, 15) is 0 Å². The van der Waals surface area contributed by atoms with Gasteiger partial charge >= 0.3 is 0 Å². The maximum absolute atomic E-state index is 5.50. The first-order chi connectivity index (χ1) is 10.9. The molecule has 0 unspecified atom stereocenters. The summed E-state index contributed by atoms with van der Waals surface area (Å²) in [6, 6.07) is 13.2. The fraction of sp³-hybridized carbons (Fsp3) is 0.350. The van der Waals surface area contributed by atoms with E-state index in [1.165, 1.54) is 27.8 Å². The summed E-state index contributed by atoms with van der Waals surface area (Å²) in [6.07, 6.45) is 0.983. The number of anilines is 1. The summed E-state index contributed by atoms with van der Waals surface area (Å²) in [5.74, 6) is 0. The lowest BCUT2D eigenvalue weighted by molar-refractivity contribution is 0.628. The van der Waals surface area contributed by atoms with Gasteiger partial charge in [0.15, 0.2) is 5.11 Å². The molecular weight excluding hydrogens is 300 g/mol. The summed E-state index contributed by atoms with van der Waals surface area (Å²) in [5, 5.41) is 7.41. The lowest BCUT2D eigenvalue weighted by Crippen LogP contribution is -2.32. The van der Waals surface area contributed by atoms with Crippen molar-refractivity contribution >= 4 is 23.0 Å². The molecule has 0 amide bonds. The van der Waals surface area contributed by atoms with Gasteiger partial charge in [0.1, 0.15) is 0 Å². The van der Waals surface area contributed by atoms with Crippen LogP contribution in [0.5, 0.6) is 0 Å². The summed E-state index contributed by atoms with van der Waals surface area (Å²) in [7, 11) is 0. The number of thiocarbonyl (C=S) groups is 1. The summed E-state index contributed by atoms with van der Waals surface area (Å²) >= 11 is 5.50. The SMILES string of the molecule is CC[C@@H](NC(=S)Nc1cc(C)cc(C)c1)c1ccc(C)c(C)c1. The minimum absolute atomic E-state index is 0.222. The molecule has 2 aromatic rings. The number of nitrogens with one attached hydrogen (secondary N) is 2. The maximum Gasteiger partial charge on any atom is 0.171 e. The van der Waals surface area contributed by atoms with Crippen LogP contribution in [0.2, 0.25) is 0 Å². The smallest absolute Gasteiger partial charge is 0.171 e. The second-order valence-electron chi connectivity index (χ2n) is 6.28. The Bertz CT molecular complexity index is 687. The second-order valence-corrected chi connectivity index (χ2v) is 6.69. The van der Waals surface area contributed by atoms with Gasteiger partial charge in [-0.3, -0.25) is 0 Å². The van der Waals surface area contributed by atoms with E-state index in [4.69, 9.17) is 12.2 Å². The highest BCUT2D eigenvalue weighted by molar-refractivity contribution is 7.80. The number of rotatable bonds is 4. The fourth-order valence-electron chi connectivity index (χ4n) is 2.77. The third kappa shape index (κ3) is 4.80. The Morgan fingerprint density at radius 1 is 0.957 bits per heavy atom. The van der Waals surface area contributed by atoms with Gasteiger partial charge < -0.3 is 10.6 Å². The van der Waals surface area contributed by atoms with Crippen LogP contribution in [0.1, 0.15) is 47.2 Å². The van der Waals surface area contributed by atoms with Crippen molar-refractivity contribution in [1.29, 1.82) is 0 Å². The van der Waals surface area contributed by atoms with E-state index < -0.39 is 0 Å². The monoisotopic (exact) mass is 326 g/mol. The molecule has 2 rings (SSSR count). The van der Waals surface area contributed by atoms with Crippen molar-refractivity contribution in [3.63, 3.8) is 0 Å². The molecule has 2 nitrogen and oxygen atoms in total. The van der Waals surface area contributed by atoms with Gasteiger partial charge in [-0.15, -0.1) is 0 Å². The molecule has 0 saturated carbocycles. The average Bonchev–Trinajstić information content (AvgIpc) is 2.46. The fourth-order valence-corrected chi connectivity index (χ4v) is 3.03. The highest BCUT2D eigenvalue weighted by Gasteiger charge is 2.11. The van der Waals surface area contributed by atoms with Crippen LogP contribution in [0, 0.1) is 27.7 Å².